The van der Waals surface area contributed by atoms with E-state index in [2.05, 4.69) is 5.32 Å². The number of carbonyl (C=O) groups is 2. The van der Waals surface area contributed by atoms with E-state index in [1.54, 1.807) is 17.0 Å². The van der Waals surface area contributed by atoms with Crippen LogP contribution in [0.3, 0.4) is 0 Å². The van der Waals surface area contributed by atoms with Gasteiger partial charge in [0, 0.05) is 51.0 Å². The van der Waals surface area contributed by atoms with Gasteiger partial charge >= 0.3 is 0 Å². The number of hydrogen-bond acceptors (Lipinski definition) is 4. The Labute approximate surface area is 170 Å². The minimum atomic E-state index is -0.283. The van der Waals surface area contributed by atoms with Crippen LogP contribution in [-0.2, 0) is 9.59 Å². The number of ether oxygens (including phenoxy) is 1. The lowest BCUT2D eigenvalue weighted by Crippen LogP contribution is -2.48. The first-order chi connectivity index (χ1) is 13.1. The van der Waals surface area contributed by atoms with Crippen molar-refractivity contribution in [3.8, 4) is 5.75 Å². The van der Waals surface area contributed by atoms with E-state index in [4.69, 9.17) is 4.74 Å². The van der Waals surface area contributed by atoms with E-state index < -0.39 is 0 Å². The number of halogens is 2. The molecule has 0 aromatic heterocycles. The summed E-state index contributed by atoms with van der Waals surface area (Å²) in [7, 11) is 0. The molecule has 2 amide bonds. The van der Waals surface area contributed by atoms with E-state index in [0.29, 0.717) is 37.8 Å². The van der Waals surface area contributed by atoms with Gasteiger partial charge < -0.3 is 19.9 Å². The van der Waals surface area contributed by atoms with Gasteiger partial charge in [0.1, 0.15) is 17.7 Å². The van der Waals surface area contributed by atoms with E-state index in [1.807, 2.05) is 4.90 Å². The first-order valence-corrected chi connectivity index (χ1v) is 9.80. The maximum Gasteiger partial charge on any atom is 0.242 e. The van der Waals surface area contributed by atoms with Crippen LogP contribution in [0.2, 0.25) is 0 Å². The molecule has 6 nitrogen and oxygen atoms in total. The SMILES string of the molecule is Cl.O=C(CN1C[C@@H]2CC[C@H](CC1=O)N2)N1CCC(Oc2ccc(F)cc2)CC1. The molecule has 0 aliphatic carbocycles. The number of hydrogen-bond donors (Lipinski definition) is 1. The van der Waals surface area contributed by atoms with Crippen LogP contribution >= 0.6 is 12.4 Å². The highest BCUT2D eigenvalue weighted by atomic mass is 35.5. The molecule has 2 bridgehead atoms. The minimum Gasteiger partial charge on any atom is -0.490 e. The summed E-state index contributed by atoms with van der Waals surface area (Å²) in [5.41, 5.74) is 0. The molecule has 8 heteroatoms. The maximum atomic E-state index is 13.0. The van der Waals surface area contributed by atoms with E-state index in [9.17, 15) is 14.0 Å². The summed E-state index contributed by atoms with van der Waals surface area (Å²) in [6, 6.07) is 6.62. The van der Waals surface area contributed by atoms with Crippen molar-refractivity contribution in [1.82, 2.24) is 15.1 Å². The predicted molar refractivity (Wildman–Crippen MR) is 105 cm³/mol. The first kappa shape index (κ1) is 20.9. The van der Waals surface area contributed by atoms with E-state index in [-0.39, 0.29) is 48.7 Å². The Bertz CT molecular complexity index is 694. The van der Waals surface area contributed by atoms with Crippen molar-refractivity contribution >= 4 is 24.2 Å². The number of fused-ring (bicyclic) bond motifs is 2. The summed E-state index contributed by atoms with van der Waals surface area (Å²) in [6.45, 7) is 2.05. The van der Waals surface area contributed by atoms with Crippen LogP contribution in [-0.4, -0.2) is 66.0 Å². The molecule has 1 aromatic carbocycles. The van der Waals surface area contributed by atoms with Gasteiger partial charge in [0.05, 0.1) is 6.54 Å². The summed E-state index contributed by atoms with van der Waals surface area (Å²) in [5.74, 6) is 0.465. The highest BCUT2D eigenvalue weighted by Gasteiger charge is 2.35. The molecule has 0 saturated carbocycles. The predicted octanol–water partition coefficient (Wildman–Crippen LogP) is 1.97. The van der Waals surface area contributed by atoms with Crippen LogP contribution in [0.5, 0.6) is 5.75 Å². The van der Waals surface area contributed by atoms with Gasteiger partial charge in [-0.3, -0.25) is 9.59 Å². The van der Waals surface area contributed by atoms with Crippen LogP contribution in [0.25, 0.3) is 0 Å². The molecular formula is C20H27ClFN3O3. The number of benzene rings is 1. The average molecular weight is 412 g/mol. The normalized spacial score (nSPS) is 25.2. The summed E-state index contributed by atoms with van der Waals surface area (Å²) in [6.07, 6.45) is 4.14. The summed E-state index contributed by atoms with van der Waals surface area (Å²) in [5, 5.41) is 3.47. The fraction of sp³-hybridized carbons (Fsp3) is 0.600. The first-order valence-electron chi connectivity index (χ1n) is 9.80. The Hall–Kier alpha value is -1.86. The number of likely N-dealkylation sites (tertiary alicyclic amines) is 2. The molecule has 3 saturated heterocycles. The van der Waals surface area contributed by atoms with E-state index in [0.717, 1.165) is 25.7 Å². The summed E-state index contributed by atoms with van der Waals surface area (Å²) >= 11 is 0. The molecule has 3 fully saturated rings. The lowest BCUT2D eigenvalue weighted by atomic mass is 10.1. The highest BCUT2D eigenvalue weighted by Crippen LogP contribution is 2.22. The summed E-state index contributed by atoms with van der Waals surface area (Å²) in [4.78, 5) is 28.6. The maximum absolute atomic E-state index is 13.0. The van der Waals surface area contributed by atoms with E-state index >= 15 is 0 Å². The van der Waals surface area contributed by atoms with Gasteiger partial charge in [-0.15, -0.1) is 12.4 Å². The van der Waals surface area contributed by atoms with Crippen molar-refractivity contribution in [3.63, 3.8) is 0 Å². The van der Waals surface area contributed by atoms with Crippen LogP contribution in [0.4, 0.5) is 4.39 Å². The van der Waals surface area contributed by atoms with Crippen LogP contribution in [0.1, 0.15) is 32.1 Å². The van der Waals surface area contributed by atoms with Gasteiger partial charge in [-0.25, -0.2) is 4.39 Å². The Morgan fingerprint density at radius 1 is 1.11 bits per heavy atom. The van der Waals surface area contributed by atoms with Crippen molar-refractivity contribution in [2.75, 3.05) is 26.2 Å². The zero-order chi connectivity index (χ0) is 18.8. The number of carbonyl (C=O) groups excluding carboxylic acids is 2. The third kappa shape index (κ3) is 4.94. The molecule has 1 N–H and O–H groups in total. The van der Waals surface area contributed by atoms with Gasteiger partial charge in [-0.05, 0) is 37.1 Å². The molecule has 28 heavy (non-hydrogen) atoms. The van der Waals surface area contributed by atoms with Gasteiger partial charge in [0.2, 0.25) is 11.8 Å². The molecule has 3 heterocycles. The smallest absolute Gasteiger partial charge is 0.242 e. The molecule has 0 radical (unpaired) electrons. The Morgan fingerprint density at radius 2 is 1.79 bits per heavy atom. The van der Waals surface area contributed by atoms with Crippen LogP contribution in [0.15, 0.2) is 24.3 Å². The minimum absolute atomic E-state index is 0. The molecule has 3 aliphatic heterocycles. The van der Waals surface area contributed by atoms with Crippen molar-refractivity contribution in [1.29, 1.82) is 0 Å². The zero-order valence-corrected chi connectivity index (χ0v) is 16.6. The molecular weight excluding hydrogens is 385 g/mol. The molecule has 3 aliphatic rings. The van der Waals surface area contributed by atoms with Crippen molar-refractivity contribution in [3.05, 3.63) is 30.1 Å². The summed E-state index contributed by atoms with van der Waals surface area (Å²) < 4.78 is 18.8. The molecule has 154 valence electrons. The molecule has 0 unspecified atom stereocenters. The largest absolute Gasteiger partial charge is 0.490 e. The number of amides is 2. The zero-order valence-electron chi connectivity index (χ0n) is 15.8. The Balaban J connectivity index is 0.00000225. The molecule has 0 spiro atoms. The molecule has 1 aromatic rings. The molecule has 2 atom stereocenters. The van der Waals surface area contributed by atoms with Crippen molar-refractivity contribution in [2.24, 2.45) is 0 Å². The van der Waals surface area contributed by atoms with Crippen LogP contribution in [0, 0.1) is 5.82 Å². The topological polar surface area (TPSA) is 61.9 Å². The van der Waals surface area contributed by atoms with Crippen molar-refractivity contribution in [2.45, 2.75) is 50.3 Å². The Morgan fingerprint density at radius 3 is 2.50 bits per heavy atom. The van der Waals surface area contributed by atoms with Gasteiger partial charge in [-0.2, -0.15) is 0 Å². The Kier molecular flexibility index (Phi) is 6.78. The van der Waals surface area contributed by atoms with Gasteiger partial charge in [-0.1, -0.05) is 0 Å². The third-order valence-electron chi connectivity index (χ3n) is 5.79. The van der Waals surface area contributed by atoms with Crippen molar-refractivity contribution < 1.29 is 18.7 Å². The third-order valence-corrected chi connectivity index (χ3v) is 5.79. The highest BCUT2D eigenvalue weighted by molar-refractivity contribution is 5.86. The van der Waals surface area contributed by atoms with Gasteiger partial charge in [0.25, 0.3) is 0 Å². The number of nitrogens with zero attached hydrogens (tertiary/aromatic N) is 2. The fourth-order valence-corrected chi connectivity index (χ4v) is 4.26. The second-order valence-electron chi connectivity index (χ2n) is 7.77. The fourth-order valence-electron chi connectivity index (χ4n) is 4.26. The average Bonchev–Trinajstić information content (AvgIpc) is 3.03. The molecule has 4 rings (SSSR count). The van der Waals surface area contributed by atoms with Gasteiger partial charge in [0.15, 0.2) is 0 Å². The number of nitrogens with one attached hydrogen (secondary N) is 1. The standard InChI is InChI=1S/C20H26FN3O3.ClH/c21-14-1-5-17(6-2-14)27-18-7-9-23(10-8-18)20(26)13-24-12-16-4-3-15(22-16)11-19(24)25;/h1-2,5-6,15-16,18,22H,3-4,7-13H2;1H/t15-,16+;/m1./s1. The quantitative estimate of drug-likeness (QED) is 0.822. The second-order valence-corrected chi connectivity index (χ2v) is 7.77. The second kappa shape index (κ2) is 9.09. The number of piperidine rings is 1. The number of rotatable bonds is 4. The lowest BCUT2D eigenvalue weighted by Gasteiger charge is -2.34. The van der Waals surface area contributed by atoms with Crippen LogP contribution < -0.4 is 10.1 Å². The lowest BCUT2D eigenvalue weighted by molar-refractivity contribution is -0.141. The monoisotopic (exact) mass is 411 g/mol. The van der Waals surface area contributed by atoms with E-state index in [1.165, 1.54) is 12.1 Å².